The molecule has 130 valence electrons. The molecular formula is C17H15F2N3O3. The maximum absolute atomic E-state index is 12.7. The first-order chi connectivity index (χ1) is 12.0. The molecule has 0 unspecified atom stereocenters. The molecule has 1 heterocycles. The Bertz CT molecular complexity index is 925. The number of aromatic amines is 1. The number of nitrogens with zero attached hydrogens (tertiary/aromatic N) is 1. The number of ether oxygens (including phenoxy) is 2. The summed E-state index contributed by atoms with van der Waals surface area (Å²) in [7, 11) is 3.01. The second kappa shape index (κ2) is 6.76. The Kier molecular flexibility index (Phi) is 4.51. The summed E-state index contributed by atoms with van der Waals surface area (Å²) in [4.78, 5) is 18.7. The van der Waals surface area contributed by atoms with Gasteiger partial charge in [0.05, 0.1) is 25.3 Å². The van der Waals surface area contributed by atoms with Crippen LogP contribution in [0.5, 0.6) is 11.5 Å². The van der Waals surface area contributed by atoms with E-state index in [2.05, 4.69) is 15.3 Å². The predicted octanol–water partition coefficient (Wildman–Crippen LogP) is 3.77. The fraction of sp³-hybridized carbons (Fsp3) is 0.176. The number of benzene rings is 2. The molecule has 3 rings (SSSR count). The molecule has 0 saturated carbocycles. The molecule has 0 spiro atoms. The summed E-state index contributed by atoms with van der Waals surface area (Å²) >= 11 is 0. The van der Waals surface area contributed by atoms with Gasteiger partial charge in [0, 0.05) is 17.3 Å². The van der Waals surface area contributed by atoms with Crippen LogP contribution in [-0.2, 0) is 0 Å². The quantitative estimate of drug-likeness (QED) is 0.737. The Morgan fingerprint density at radius 2 is 1.88 bits per heavy atom. The van der Waals surface area contributed by atoms with E-state index in [0.29, 0.717) is 33.8 Å². The third kappa shape index (κ3) is 3.37. The standard InChI is InChI=1S/C17H15F2N3O3/c1-24-13-6-4-10(8-14(13)25-2)20-17(23)9-3-5-11-12(7-9)22-16(21-11)15(18)19/h3-8,15H,1-2H3,(H,20,23)(H,21,22). The number of fused-ring (bicyclic) bond motifs is 1. The Morgan fingerprint density at radius 3 is 2.56 bits per heavy atom. The Labute approximate surface area is 141 Å². The molecule has 0 bridgehead atoms. The number of methoxy groups -OCH3 is 2. The number of alkyl halides is 2. The molecule has 8 heteroatoms. The summed E-state index contributed by atoms with van der Waals surface area (Å²) in [5.41, 5.74) is 1.57. The Balaban J connectivity index is 1.84. The average Bonchev–Trinajstić information content (AvgIpc) is 3.05. The van der Waals surface area contributed by atoms with Crippen molar-refractivity contribution in [3.8, 4) is 11.5 Å². The van der Waals surface area contributed by atoms with Gasteiger partial charge < -0.3 is 19.8 Å². The third-order valence-corrected chi connectivity index (χ3v) is 3.61. The van der Waals surface area contributed by atoms with Gasteiger partial charge in [-0.15, -0.1) is 0 Å². The molecule has 1 amide bonds. The fourth-order valence-corrected chi connectivity index (χ4v) is 2.39. The maximum Gasteiger partial charge on any atom is 0.295 e. The number of carbonyl (C=O) groups excluding carboxylic acids is 1. The normalized spacial score (nSPS) is 10.9. The van der Waals surface area contributed by atoms with Gasteiger partial charge in [0.15, 0.2) is 17.3 Å². The molecule has 0 aliphatic carbocycles. The van der Waals surface area contributed by atoms with Gasteiger partial charge in [-0.25, -0.2) is 13.8 Å². The van der Waals surface area contributed by atoms with Gasteiger partial charge in [-0.05, 0) is 30.3 Å². The minimum atomic E-state index is -2.70. The highest BCUT2D eigenvalue weighted by Gasteiger charge is 2.15. The highest BCUT2D eigenvalue weighted by atomic mass is 19.3. The molecular weight excluding hydrogens is 332 g/mol. The lowest BCUT2D eigenvalue weighted by atomic mass is 10.2. The van der Waals surface area contributed by atoms with Crippen molar-refractivity contribution in [1.82, 2.24) is 9.97 Å². The second-order valence-electron chi connectivity index (χ2n) is 5.18. The van der Waals surface area contributed by atoms with Crippen LogP contribution in [-0.4, -0.2) is 30.1 Å². The van der Waals surface area contributed by atoms with Crippen LogP contribution in [0, 0.1) is 0 Å². The van der Waals surface area contributed by atoms with Gasteiger partial charge in [-0.3, -0.25) is 4.79 Å². The van der Waals surface area contributed by atoms with Crippen LogP contribution in [0.1, 0.15) is 22.6 Å². The van der Waals surface area contributed by atoms with Crippen molar-refractivity contribution in [2.75, 3.05) is 19.5 Å². The minimum absolute atomic E-state index is 0.312. The van der Waals surface area contributed by atoms with Crippen molar-refractivity contribution in [3.63, 3.8) is 0 Å². The van der Waals surface area contributed by atoms with Crippen molar-refractivity contribution in [3.05, 3.63) is 47.8 Å². The highest BCUT2D eigenvalue weighted by Crippen LogP contribution is 2.30. The van der Waals surface area contributed by atoms with E-state index in [1.165, 1.54) is 32.4 Å². The zero-order valence-corrected chi connectivity index (χ0v) is 13.5. The topological polar surface area (TPSA) is 76.2 Å². The first-order valence-corrected chi connectivity index (χ1v) is 7.33. The summed E-state index contributed by atoms with van der Waals surface area (Å²) in [6.45, 7) is 0. The summed E-state index contributed by atoms with van der Waals surface area (Å²) in [6, 6.07) is 9.48. The summed E-state index contributed by atoms with van der Waals surface area (Å²) < 4.78 is 35.7. The third-order valence-electron chi connectivity index (χ3n) is 3.61. The fourth-order valence-electron chi connectivity index (χ4n) is 2.39. The number of hydrogen-bond donors (Lipinski definition) is 2. The van der Waals surface area contributed by atoms with Crippen molar-refractivity contribution < 1.29 is 23.0 Å². The van der Waals surface area contributed by atoms with E-state index in [0.717, 1.165) is 0 Å². The Hall–Kier alpha value is -3.16. The molecule has 0 aliphatic heterocycles. The lowest BCUT2D eigenvalue weighted by Crippen LogP contribution is -2.11. The average molecular weight is 347 g/mol. The van der Waals surface area contributed by atoms with E-state index >= 15 is 0 Å². The van der Waals surface area contributed by atoms with Gasteiger partial charge in [0.2, 0.25) is 0 Å². The largest absolute Gasteiger partial charge is 0.493 e. The lowest BCUT2D eigenvalue weighted by molar-refractivity contribution is 0.102. The monoisotopic (exact) mass is 347 g/mol. The highest BCUT2D eigenvalue weighted by molar-refractivity contribution is 6.06. The van der Waals surface area contributed by atoms with Crippen LogP contribution in [0.2, 0.25) is 0 Å². The van der Waals surface area contributed by atoms with Gasteiger partial charge in [-0.2, -0.15) is 0 Å². The summed E-state index contributed by atoms with van der Waals surface area (Å²) in [5.74, 6) is 0.208. The number of hydrogen-bond acceptors (Lipinski definition) is 4. The van der Waals surface area contributed by atoms with E-state index in [9.17, 15) is 13.6 Å². The zero-order valence-electron chi connectivity index (χ0n) is 13.5. The van der Waals surface area contributed by atoms with E-state index in [1.807, 2.05) is 0 Å². The number of nitrogens with one attached hydrogen (secondary N) is 2. The molecule has 1 aromatic heterocycles. The second-order valence-corrected chi connectivity index (χ2v) is 5.18. The number of imidazole rings is 1. The molecule has 2 N–H and O–H groups in total. The number of H-pyrrole nitrogens is 1. The molecule has 6 nitrogen and oxygen atoms in total. The number of anilines is 1. The van der Waals surface area contributed by atoms with Crippen molar-refractivity contribution in [2.24, 2.45) is 0 Å². The molecule has 0 radical (unpaired) electrons. The summed E-state index contributed by atoms with van der Waals surface area (Å²) in [5, 5.41) is 2.72. The smallest absolute Gasteiger partial charge is 0.295 e. The van der Waals surface area contributed by atoms with Crippen LogP contribution < -0.4 is 14.8 Å². The first kappa shape index (κ1) is 16.7. The lowest BCUT2D eigenvalue weighted by Gasteiger charge is -2.10. The molecule has 0 aliphatic rings. The van der Waals surface area contributed by atoms with Crippen LogP contribution in [0.4, 0.5) is 14.5 Å². The number of rotatable bonds is 5. The maximum atomic E-state index is 12.7. The molecule has 0 atom stereocenters. The number of aromatic nitrogens is 2. The van der Waals surface area contributed by atoms with E-state index < -0.39 is 12.2 Å². The van der Waals surface area contributed by atoms with Crippen LogP contribution in [0.15, 0.2) is 36.4 Å². The zero-order chi connectivity index (χ0) is 18.0. The van der Waals surface area contributed by atoms with Crippen LogP contribution >= 0.6 is 0 Å². The van der Waals surface area contributed by atoms with E-state index in [1.54, 1.807) is 18.2 Å². The van der Waals surface area contributed by atoms with Gasteiger partial charge >= 0.3 is 0 Å². The molecule has 0 fully saturated rings. The number of halogens is 2. The van der Waals surface area contributed by atoms with Crippen LogP contribution in [0.3, 0.4) is 0 Å². The van der Waals surface area contributed by atoms with Gasteiger partial charge in [0.1, 0.15) is 0 Å². The van der Waals surface area contributed by atoms with Crippen molar-refractivity contribution in [2.45, 2.75) is 6.43 Å². The number of amides is 1. The van der Waals surface area contributed by atoms with Crippen LogP contribution in [0.25, 0.3) is 11.0 Å². The van der Waals surface area contributed by atoms with E-state index in [-0.39, 0.29) is 5.91 Å². The SMILES string of the molecule is COc1ccc(NC(=O)c2ccc3nc(C(F)F)[nH]c3c2)cc1OC. The van der Waals surface area contributed by atoms with Crippen molar-refractivity contribution >= 4 is 22.6 Å². The first-order valence-electron chi connectivity index (χ1n) is 7.33. The number of carbonyl (C=O) groups is 1. The Morgan fingerprint density at radius 1 is 1.12 bits per heavy atom. The van der Waals surface area contributed by atoms with Gasteiger partial charge in [-0.1, -0.05) is 0 Å². The summed E-state index contributed by atoms with van der Waals surface area (Å²) in [6.07, 6.45) is -2.70. The van der Waals surface area contributed by atoms with Gasteiger partial charge in [0.25, 0.3) is 12.3 Å². The molecule has 3 aromatic rings. The predicted molar refractivity (Wildman–Crippen MR) is 88.5 cm³/mol. The molecule has 25 heavy (non-hydrogen) atoms. The van der Waals surface area contributed by atoms with E-state index in [4.69, 9.17) is 9.47 Å². The minimum Gasteiger partial charge on any atom is -0.493 e. The molecule has 0 saturated heterocycles. The molecule has 2 aromatic carbocycles. The van der Waals surface area contributed by atoms with Crippen molar-refractivity contribution in [1.29, 1.82) is 0 Å².